The molecule has 0 radical (unpaired) electrons. The average Bonchev–Trinajstić information content (AvgIpc) is 3.17. The highest BCUT2D eigenvalue weighted by Gasteiger charge is 2.33. The molecular weight excluding hydrogens is 468 g/mol. The molecular formula is C22H23BrN2O2S2. The zero-order valence-corrected chi connectivity index (χ0v) is 19.4. The lowest BCUT2D eigenvalue weighted by atomic mass is 10.1. The van der Waals surface area contributed by atoms with Crippen LogP contribution >= 0.6 is 27.3 Å². The Morgan fingerprint density at radius 2 is 1.90 bits per heavy atom. The summed E-state index contributed by atoms with van der Waals surface area (Å²) in [6.07, 6.45) is 2.07. The van der Waals surface area contributed by atoms with Crippen LogP contribution in [-0.2, 0) is 16.3 Å². The van der Waals surface area contributed by atoms with Crippen LogP contribution in [0.25, 0.3) is 0 Å². The van der Waals surface area contributed by atoms with E-state index in [1.54, 1.807) is 29.5 Å². The number of thiazole rings is 1. The van der Waals surface area contributed by atoms with Crippen LogP contribution in [0, 0.1) is 6.92 Å². The Morgan fingerprint density at radius 1 is 1.14 bits per heavy atom. The molecule has 1 fully saturated rings. The molecule has 0 amide bonds. The Labute approximate surface area is 184 Å². The highest BCUT2D eigenvalue weighted by atomic mass is 79.9. The average molecular weight is 491 g/mol. The minimum absolute atomic E-state index is 0.343. The van der Waals surface area contributed by atoms with Crippen LogP contribution in [0.3, 0.4) is 0 Å². The van der Waals surface area contributed by atoms with Gasteiger partial charge < -0.3 is 4.90 Å². The molecule has 0 saturated carbocycles. The van der Waals surface area contributed by atoms with Gasteiger partial charge in [-0.1, -0.05) is 42.0 Å². The van der Waals surface area contributed by atoms with Gasteiger partial charge in [-0.15, -0.1) is 11.3 Å². The van der Waals surface area contributed by atoms with Crippen molar-refractivity contribution in [2.75, 3.05) is 18.0 Å². The zero-order valence-electron chi connectivity index (χ0n) is 16.2. The standard InChI is InChI=1S/C22H23BrN2O2S2/c1-16-5-4-6-17(13-16)14-18-15-28-22(24-18)25-11-9-19(10-12-25)29(26,27)21-8-3-2-7-20(21)23/h2-8,13,15,19H,9-12,14H2,1H3. The molecule has 0 aliphatic carbocycles. The number of rotatable bonds is 5. The van der Waals surface area contributed by atoms with Crippen molar-refractivity contribution in [1.29, 1.82) is 0 Å². The van der Waals surface area contributed by atoms with E-state index in [0.29, 0.717) is 35.3 Å². The lowest BCUT2D eigenvalue weighted by Gasteiger charge is -2.31. The van der Waals surface area contributed by atoms with Crippen LogP contribution in [0.15, 0.2) is 63.3 Å². The van der Waals surface area contributed by atoms with Crippen molar-refractivity contribution in [3.8, 4) is 0 Å². The van der Waals surface area contributed by atoms with E-state index in [1.807, 2.05) is 6.07 Å². The van der Waals surface area contributed by atoms with E-state index in [4.69, 9.17) is 4.98 Å². The summed E-state index contributed by atoms with van der Waals surface area (Å²) >= 11 is 5.03. The molecule has 3 aromatic rings. The van der Waals surface area contributed by atoms with Crippen LogP contribution in [0.2, 0.25) is 0 Å². The van der Waals surface area contributed by atoms with Gasteiger partial charge in [0.2, 0.25) is 0 Å². The molecule has 1 saturated heterocycles. The third-order valence-electron chi connectivity index (χ3n) is 5.30. The highest BCUT2D eigenvalue weighted by Crippen LogP contribution is 2.32. The molecule has 4 nitrogen and oxygen atoms in total. The number of aryl methyl sites for hydroxylation is 1. The van der Waals surface area contributed by atoms with Crippen molar-refractivity contribution < 1.29 is 8.42 Å². The van der Waals surface area contributed by atoms with Crippen LogP contribution in [0.1, 0.15) is 29.7 Å². The van der Waals surface area contributed by atoms with Crippen molar-refractivity contribution in [2.24, 2.45) is 0 Å². The molecule has 0 unspecified atom stereocenters. The first-order chi connectivity index (χ1) is 13.9. The molecule has 2 heterocycles. The first-order valence-electron chi connectivity index (χ1n) is 9.67. The first kappa shape index (κ1) is 20.6. The Balaban J connectivity index is 1.41. The second-order valence-corrected chi connectivity index (χ2v) is 11.3. The molecule has 0 bridgehead atoms. The smallest absolute Gasteiger partial charge is 0.185 e. The molecule has 7 heteroatoms. The van der Waals surface area contributed by atoms with Gasteiger partial charge in [0.25, 0.3) is 0 Å². The molecule has 2 aromatic carbocycles. The van der Waals surface area contributed by atoms with Gasteiger partial charge in [0.05, 0.1) is 15.8 Å². The molecule has 1 aromatic heterocycles. The van der Waals surface area contributed by atoms with Crippen molar-refractivity contribution in [1.82, 2.24) is 4.98 Å². The maximum Gasteiger partial charge on any atom is 0.185 e. The van der Waals surface area contributed by atoms with Gasteiger partial charge in [-0.2, -0.15) is 0 Å². The van der Waals surface area contributed by atoms with E-state index in [1.165, 1.54) is 11.1 Å². The van der Waals surface area contributed by atoms with Crippen molar-refractivity contribution >= 4 is 42.2 Å². The van der Waals surface area contributed by atoms with Gasteiger partial charge in [-0.25, -0.2) is 13.4 Å². The molecule has 0 spiro atoms. The number of sulfone groups is 1. The van der Waals surface area contributed by atoms with Crippen LogP contribution in [0.5, 0.6) is 0 Å². The van der Waals surface area contributed by atoms with Crippen molar-refractivity contribution in [2.45, 2.75) is 36.3 Å². The predicted molar refractivity (Wildman–Crippen MR) is 123 cm³/mol. The zero-order chi connectivity index (χ0) is 20.4. The highest BCUT2D eigenvalue weighted by molar-refractivity contribution is 9.10. The molecule has 4 rings (SSSR count). The fourth-order valence-corrected chi connectivity index (χ4v) is 7.41. The normalized spacial score (nSPS) is 15.6. The maximum absolute atomic E-state index is 13.0. The molecule has 1 aliphatic rings. The quantitative estimate of drug-likeness (QED) is 0.490. The summed E-state index contributed by atoms with van der Waals surface area (Å²) in [7, 11) is -3.33. The van der Waals surface area contributed by atoms with Gasteiger partial charge in [0, 0.05) is 29.4 Å². The second-order valence-electron chi connectivity index (χ2n) is 7.45. The van der Waals surface area contributed by atoms with E-state index in [-0.39, 0.29) is 5.25 Å². The number of hydrogen-bond donors (Lipinski definition) is 0. The Hall–Kier alpha value is -1.70. The SMILES string of the molecule is Cc1cccc(Cc2csc(N3CCC(S(=O)(=O)c4ccccc4Br)CC3)n2)c1. The fourth-order valence-electron chi connectivity index (χ4n) is 3.77. The Kier molecular flexibility index (Phi) is 6.08. The number of benzene rings is 2. The number of halogens is 1. The lowest BCUT2D eigenvalue weighted by Crippen LogP contribution is -2.39. The third-order valence-corrected chi connectivity index (χ3v) is 9.52. The summed E-state index contributed by atoms with van der Waals surface area (Å²) in [5.41, 5.74) is 3.59. The van der Waals surface area contributed by atoms with Gasteiger partial charge in [-0.05, 0) is 53.4 Å². The van der Waals surface area contributed by atoms with Gasteiger partial charge in [0.15, 0.2) is 15.0 Å². The van der Waals surface area contributed by atoms with Crippen LogP contribution in [-0.4, -0.2) is 31.7 Å². The van der Waals surface area contributed by atoms with Crippen molar-refractivity contribution in [3.63, 3.8) is 0 Å². The first-order valence-corrected chi connectivity index (χ1v) is 12.9. The predicted octanol–water partition coefficient (Wildman–Crippen LogP) is 5.25. The van der Waals surface area contributed by atoms with Crippen LogP contribution < -0.4 is 4.90 Å². The number of aromatic nitrogens is 1. The number of anilines is 1. The Bertz CT molecular complexity index is 1100. The monoisotopic (exact) mass is 490 g/mol. The third kappa shape index (κ3) is 4.57. The molecule has 1 aliphatic heterocycles. The van der Waals surface area contributed by atoms with Gasteiger partial charge >= 0.3 is 0 Å². The second kappa shape index (κ2) is 8.58. The largest absolute Gasteiger partial charge is 0.348 e. The Morgan fingerprint density at radius 3 is 2.62 bits per heavy atom. The van der Waals surface area contributed by atoms with Gasteiger partial charge in [-0.3, -0.25) is 0 Å². The van der Waals surface area contributed by atoms with Crippen molar-refractivity contribution in [3.05, 3.63) is 75.2 Å². The molecule has 152 valence electrons. The number of piperidine rings is 1. The minimum Gasteiger partial charge on any atom is -0.348 e. The summed E-state index contributed by atoms with van der Waals surface area (Å²) < 4.78 is 26.7. The van der Waals surface area contributed by atoms with E-state index in [0.717, 1.165) is 17.2 Å². The maximum atomic E-state index is 13.0. The fraction of sp³-hybridized carbons (Fsp3) is 0.318. The van der Waals surface area contributed by atoms with E-state index in [2.05, 4.69) is 57.4 Å². The summed E-state index contributed by atoms with van der Waals surface area (Å²) in [5.74, 6) is 0. The summed E-state index contributed by atoms with van der Waals surface area (Å²) in [6, 6.07) is 15.6. The van der Waals surface area contributed by atoms with E-state index in [9.17, 15) is 8.42 Å². The molecule has 0 N–H and O–H groups in total. The summed E-state index contributed by atoms with van der Waals surface area (Å²) in [5, 5.41) is 2.76. The van der Waals surface area contributed by atoms with E-state index >= 15 is 0 Å². The number of hydrogen-bond acceptors (Lipinski definition) is 5. The minimum atomic E-state index is -3.33. The number of nitrogens with zero attached hydrogens (tertiary/aromatic N) is 2. The lowest BCUT2D eigenvalue weighted by molar-refractivity contribution is 0.529. The summed E-state index contributed by atoms with van der Waals surface area (Å²) in [6.45, 7) is 3.53. The summed E-state index contributed by atoms with van der Waals surface area (Å²) in [4.78, 5) is 7.42. The molecule has 29 heavy (non-hydrogen) atoms. The van der Waals surface area contributed by atoms with E-state index < -0.39 is 9.84 Å². The van der Waals surface area contributed by atoms with Crippen LogP contribution in [0.4, 0.5) is 5.13 Å². The molecule has 0 atom stereocenters. The topological polar surface area (TPSA) is 50.3 Å². The van der Waals surface area contributed by atoms with Gasteiger partial charge in [0.1, 0.15) is 0 Å².